The van der Waals surface area contributed by atoms with Gasteiger partial charge in [0, 0.05) is 0 Å². The number of carbonyl (C=O) groups is 1. The molecule has 3 heteroatoms. The van der Waals surface area contributed by atoms with E-state index in [1.807, 2.05) is 36.4 Å². The molecule has 3 rings (SSSR count). The lowest BCUT2D eigenvalue weighted by molar-refractivity contribution is 0.0216. The highest BCUT2D eigenvalue weighted by Gasteiger charge is 2.36. The van der Waals surface area contributed by atoms with Crippen LogP contribution in [0, 0.1) is 0 Å². The topological polar surface area (TPSA) is 46.5 Å². The second-order valence-corrected chi connectivity index (χ2v) is 4.25. The molecule has 0 aliphatic carbocycles. The Morgan fingerprint density at radius 1 is 0.944 bits per heavy atom. The Kier molecular flexibility index (Phi) is 2.61. The van der Waals surface area contributed by atoms with Crippen LogP contribution in [0.4, 0.5) is 0 Å². The van der Waals surface area contributed by atoms with Gasteiger partial charge >= 0.3 is 0 Å². The van der Waals surface area contributed by atoms with Crippen LogP contribution in [0.2, 0.25) is 0 Å². The molecule has 18 heavy (non-hydrogen) atoms. The molecule has 1 heterocycles. The van der Waals surface area contributed by atoms with Crippen LogP contribution in [-0.2, 0) is 0 Å². The molecule has 90 valence electrons. The molecule has 3 nitrogen and oxygen atoms in total. The largest absolute Gasteiger partial charge is 0.482 e. The number of ether oxygens (including phenoxy) is 1. The van der Waals surface area contributed by atoms with E-state index >= 15 is 0 Å². The lowest BCUT2D eigenvalue weighted by Crippen LogP contribution is -2.36. The Morgan fingerprint density at radius 2 is 1.61 bits per heavy atom. The number of hydrogen-bond donors (Lipinski definition) is 1. The van der Waals surface area contributed by atoms with Crippen LogP contribution in [0.5, 0.6) is 5.75 Å². The number of aliphatic hydroxyl groups excluding tert-OH is 1. The Morgan fingerprint density at radius 3 is 2.39 bits per heavy atom. The summed E-state index contributed by atoms with van der Waals surface area (Å²) in [7, 11) is 0. The van der Waals surface area contributed by atoms with Crippen LogP contribution in [0.1, 0.15) is 22.0 Å². The van der Waals surface area contributed by atoms with Crippen LogP contribution in [-0.4, -0.2) is 17.0 Å². The molecular weight excluding hydrogens is 228 g/mol. The van der Waals surface area contributed by atoms with E-state index < -0.39 is 12.2 Å². The molecular formula is C15H12O3. The zero-order valence-electron chi connectivity index (χ0n) is 9.61. The van der Waals surface area contributed by atoms with E-state index in [-0.39, 0.29) is 5.78 Å². The van der Waals surface area contributed by atoms with E-state index in [4.69, 9.17) is 4.74 Å². The average Bonchev–Trinajstić information content (AvgIpc) is 2.44. The van der Waals surface area contributed by atoms with Gasteiger partial charge in [-0.25, -0.2) is 0 Å². The second-order valence-electron chi connectivity index (χ2n) is 4.25. The van der Waals surface area contributed by atoms with Gasteiger partial charge in [-0.15, -0.1) is 0 Å². The first-order chi connectivity index (χ1) is 8.77. The maximum absolute atomic E-state index is 12.1. The summed E-state index contributed by atoms with van der Waals surface area (Å²) in [5.41, 5.74) is 1.24. The lowest BCUT2D eigenvalue weighted by atomic mass is 9.94. The summed E-state index contributed by atoms with van der Waals surface area (Å²) in [5, 5.41) is 10.1. The van der Waals surface area contributed by atoms with Crippen LogP contribution in [0.3, 0.4) is 0 Å². The number of hydrogen-bond acceptors (Lipinski definition) is 3. The number of rotatable bonds is 1. The van der Waals surface area contributed by atoms with E-state index in [1.165, 1.54) is 0 Å². The maximum Gasteiger partial charge on any atom is 0.199 e. The fourth-order valence-electron chi connectivity index (χ4n) is 2.16. The minimum atomic E-state index is -1.15. The molecule has 0 bridgehead atoms. The Bertz CT molecular complexity index is 577. The van der Waals surface area contributed by atoms with Gasteiger partial charge in [0.25, 0.3) is 0 Å². The molecule has 2 aromatic carbocycles. The van der Waals surface area contributed by atoms with Gasteiger partial charge in [-0.1, -0.05) is 42.5 Å². The van der Waals surface area contributed by atoms with Gasteiger partial charge in [-0.3, -0.25) is 4.79 Å². The Labute approximate surface area is 105 Å². The summed E-state index contributed by atoms with van der Waals surface area (Å²) >= 11 is 0. The summed E-state index contributed by atoms with van der Waals surface area (Å²) in [6.45, 7) is 0. The quantitative estimate of drug-likeness (QED) is 0.832. The van der Waals surface area contributed by atoms with Crippen molar-refractivity contribution in [2.24, 2.45) is 0 Å². The molecule has 1 aliphatic heterocycles. The van der Waals surface area contributed by atoms with Crippen molar-refractivity contribution in [2.45, 2.75) is 12.2 Å². The average molecular weight is 240 g/mol. The first-order valence-electron chi connectivity index (χ1n) is 5.80. The van der Waals surface area contributed by atoms with Gasteiger partial charge in [-0.05, 0) is 17.7 Å². The minimum Gasteiger partial charge on any atom is -0.482 e. The van der Waals surface area contributed by atoms with Gasteiger partial charge in [0.2, 0.25) is 0 Å². The van der Waals surface area contributed by atoms with Crippen molar-refractivity contribution in [3.63, 3.8) is 0 Å². The van der Waals surface area contributed by atoms with Crippen molar-refractivity contribution in [1.82, 2.24) is 0 Å². The predicted molar refractivity (Wildman–Crippen MR) is 66.6 cm³/mol. The van der Waals surface area contributed by atoms with Crippen molar-refractivity contribution in [3.8, 4) is 5.75 Å². The standard InChI is InChI=1S/C15H12O3/c16-13-11-8-4-5-9-12(11)18-15(14(13)17)10-6-2-1-3-7-10/h1-9,14-15,17H/t14-,15+/m0/s1. The number of carbonyl (C=O) groups excluding carboxylic acids is 1. The van der Waals surface area contributed by atoms with Gasteiger partial charge in [-0.2, -0.15) is 0 Å². The molecule has 1 aliphatic rings. The molecule has 0 spiro atoms. The van der Waals surface area contributed by atoms with Crippen LogP contribution in [0.25, 0.3) is 0 Å². The summed E-state index contributed by atoms with van der Waals surface area (Å²) < 4.78 is 5.73. The molecule has 0 radical (unpaired) electrons. The third-order valence-electron chi connectivity index (χ3n) is 3.09. The van der Waals surface area contributed by atoms with E-state index in [9.17, 15) is 9.90 Å². The van der Waals surface area contributed by atoms with Gasteiger partial charge in [0.1, 0.15) is 5.75 Å². The molecule has 2 aromatic rings. The summed E-state index contributed by atoms with van der Waals surface area (Å²) in [6.07, 6.45) is -1.78. The van der Waals surface area contributed by atoms with E-state index in [2.05, 4.69) is 0 Å². The number of para-hydroxylation sites is 1. The number of fused-ring (bicyclic) bond motifs is 1. The summed E-state index contributed by atoms with van der Waals surface area (Å²) in [4.78, 5) is 12.1. The van der Waals surface area contributed by atoms with E-state index in [1.54, 1.807) is 18.2 Å². The first-order valence-corrected chi connectivity index (χ1v) is 5.80. The van der Waals surface area contributed by atoms with E-state index in [0.29, 0.717) is 11.3 Å². The third-order valence-corrected chi connectivity index (χ3v) is 3.09. The van der Waals surface area contributed by atoms with Gasteiger partial charge in [0.05, 0.1) is 5.56 Å². The highest BCUT2D eigenvalue weighted by atomic mass is 16.5. The maximum atomic E-state index is 12.1. The van der Waals surface area contributed by atoms with Crippen molar-refractivity contribution < 1.29 is 14.6 Å². The Hall–Kier alpha value is -2.13. The number of Topliss-reactive ketones (excluding diaryl/α,β-unsaturated/α-hetero) is 1. The second kappa shape index (κ2) is 4.27. The van der Waals surface area contributed by atoms with Crippen molar-refractivity contribution in [1.29, 1.82) is 0 Å². The molecule has 0 saturated heterocycles. The zero-order chi connectivity index (χ0) is 12.5. The number of ketones is 1. The molecule has 0 unspecified atom stereocenters. The normalized spacial score (nSPS) is 22.2. The highest BCUT2D eigenvalue weighted by molar-refractivity contribution is 6.03. The summed E-state index contributed by atoms with van der Waals surface area (Å²) in [6, 6.07) is 16.3. The summed E-state index contributed by atoms with van der Waals surface area (Å²) in [5.74, 6) is 0.243. The van der Waals surface area contributed by atoms with Crippen LogP contribution >= 0.6 is 0 Å². The molecule has 0 amide bonds. The van der Waals surface area contributed by atoms with Gasteiger partial charge < -0.3 is 9.84 Å². The van der Waals surface area contributed by atoms with E-state index in [0.717, 1.165) is 5.56 Å². The molecule has 1 N–H and O–H groups in total. The number of benzene rings is 2. The van der Waals surface area contributed by atoms with Crippen LogP contribution < -0.4 is 4.74 Å². The van der Waals surface area contributed by atoms with Crippen LogP contribution in [0.15, 0.2) is 54.6 Å². The monoisotopic (exact) mass is 240 g/mol. The van der Waals surface area contributed by atoms with Gasteiger partial charge in [0.15, 0.2) is 18.0 Å². The molecule has 2 atom stereocenters. The van der Waals surface area contributed by atoms with Crippen molar-refractivity contribution >= 4 is 5.78 Å². The van der Waals surface area contributed by atoms with Crippen molar-refractivity contribution in [3.05, 3.63) is 65.7 Å². The fourth-order valence-corrected chi connectivity index (χ4v) is 2.16. The first kappa shape index (κ1) is 11.0. The minimum absolute atomic E-state index is 0.286. The third kappa shape index (κ3) is 1.69. The number of aliphatic hydroxyl groups is 1. The zero-order valence-corrected chi connectivity index (χ0v) is 9.61. The fraction of sp³-hybridized carbons (Fsp3) is 0.133. The molecule has 0 fully saturated rings. The smallest absolute Gasteiger partial charge is 0.199 e. The molecule has 0 saturated carbocycles. The van der Waals surface area contributed by atoms with Crippen molar-refractivity contribution in [2.75, 3.05) is 0 Å². The predicted octanol–water partition coefficient (Wildman–Crippen LogP) is 2.36. The Balaban J connectivity index is 2.04. The lowest BCUT2D eigenvalue weighted by Gasteiger charge is -2.29. The molecule has 0 aromatic heterocycles. The SMILES string of the molecule is O=C1c2ccccc2O[C@H](c2ccccc2)[C@H]1O. The highest BCUT2D eigenvalue weighted by Crippen LogP contribution is 2.34.